The molecule has 168 valence electrons. The zero-order chi connectivity index (χ0) is 20.8. The molecule has 1 nitrogen and oxygen atoms in total. The Morgan fingerprint density at radius 1 is 0.500 bits per heavy atom. The van der Waals surface area contributed by atoms with Gasteiger partial charge in [-0.1, -0.05) is 103 Å². The molecule has 0 aromatic heterocycles. The van der Waals surface area contributed by atoms with Crippen LogP contribution in [-0.2, 0) is 0 Å². The first-order valence-electron chi connectivity index (χ1n) is 13.2. The van der Waals surface area contributed by atoms with Gasteiger partial charge in [0.1, 0.15) is 0 Å². The number of allylic oxidation sites excluding steroid dienone is 1. The van der Waals surface area contributed by atoms with Gasteiger partial charge in [0.05, 0.1) is 26.2 Å². The van der Waals surface area contributed by atoms with E-state index < -0.39 is 0 Å². The van der Waals surface area contributed by atoms with Crippen LogP contribution in [0.4, 0.5) is 0 Å². The van der Waals surface area contributed by atoms with Gasteiger partial charge in [0.2, 0.25) is 0 Å². The summed E-state index contributed by atoms with van der Waals surface area (Å²) in [6.07, 6.45) is 27.9. The van der Waals surface area contributed by atoms with Crippen LogP contribution in [0.2, 0.25) is 0 Å². The maximum Gasteiger partial charge on any atom is 0.0789 e. The van der Waals surface area contributed by atoms with E-state index in [4.69, 9.17) is 0 Å². The van der Waals surface area contributed by atoms with Crippen molar-refractivity contribution >= 4 is 0 Å². The molecule has 0 bridgehead atoms. The van der Waals surface area contributed by atoms with Crippen molar-refractivity contribution in [1.29, 1.82) is 0 Å². The van der Waals surface area contributed by atoms with E-state index in [-0.39, 0.29) is 0 Å². The van der Waals surface area contributed by atoms with Crippen molar-refractivity contribution in [2.24, 2.45) is 0 Å². The van der Waals surface area contributed by atoms with E-state index in [2.05, 4.69) is 33.4 Å². The lowest BCUT2D eigenvalue weighted by atomic mass is 10.0. The van der Waals surface area contributed by atoms with Crippen LogP contribution in [0.1, 0.15) is 136 Å². The maximum absolute atomic E-state index is 3.87. The molecule has 0 fully saturated rings. The van der Waals surface area contributed by atoms with Crippen molar-refractivity contribution in [3.05, 3.63) is 12.7 Å². The van der Waals surface area contributed by atoms with Gasteiger partial charge in [-0.3, -0.25) is 0 Å². The molecular formula is C27H56N+. The third-order valence-electron chi connectivity index (χ3n) is 6.87. The van der Waals surface area contributed by atoms with Crippen LogP contribution >= 0.6 is 0 Å². The van der Waals surface area contributed by atoms with E-state index in [1.807, 2.05) is 0 Å². The predicted octanol–water partition coefficient (Wildman–Crippen LogP) is 9.07. The fourth-order valence-electron chi connectivity index (χ4n) is 4.53. The molecule has 0 atom stereocenters. The molecule has 0 unspecified atom stereocenters. The summed E-state index contributed by atoms with van der Waals surface area (Å²) in [5.74, 6) is 0. The second-order valence-corrected chi connectivity index (χ2v) is 9.16. The molecule has 28 heavy (non-hydrogen) atoms. The van der Waals surface area contributed by atoms with Gasteiger partial charge in [-0.25, -0.2) is 0 Å². The Kier molecular flexibility index (Phi) is 21.2. The average molecular weight is 395 g/mol. The van der Waals surface area contributed by atoms with Gasteiger partial charge in [0.15, 0.2) is 0 Å². The highest BCUT2D eigenvalue weighted by molar-refractivity contribution is 4.65. The number of nitrogens with zero attached hydrogens (tertiary/aromatic N) is 1. The first-order valence-corrected chi connectivity index (χ1v) is 13.2. The van der Waals surface area contributed by atoms with Crippen LogP contribution in [-0.4, -0.2) is 30.7 Å². The molecule has 0 aliphatic carbocycles. The number of rotatable bonds is 23. The molecule has 0 aromatic rings. The van der Waals surface area contributed by atoms with E-state index in [1.165, 1.54) is 146 Å². The lowest BCUT2D eigenvalue weighted by Crippen LogP contribution is -2.49. The quantitative estimate of drug-likeness (QED) is 0.0920. The molecule has 0 aliphatic rings. The summed E-state index contributed by atoms with van der Waals surface area (Å²) in [6, 6.07) is 0. The van der Waals surface area contributed by atoms with Crippen molar-refractivity contribution in [3.63, 3.8) is 0 Å². The minimum Gasteiger partial charge on any atom is -0.324 e. The number of hydrogen-bond acceptors (Lipinski definition) is 0. The van der Waals surface area contributed by atoms with Crippen molar-refractivity contribution < 1.29 is 4.48 Å². The first-order chi connectivity index (χ1) is 13.7. The SMILES string of the molecule is C=CCCC[N+](CC)(CC)CCCCCCCCCCCCCCCCCC. The van der Waals surface area contributed by atoms with E-state index >= 15 is 0 Å². The molecule has 0 radical (unpaired) electrons. The smallest absolute Gasteiger partial charge is 0.0789 e. The van der Waals surface area contributed by atoms with Crippen molar-refractivity contribution in [3.8, 4) is 0 Å². The zero-order valence-electron chi connectivity index (χ0n) is 20.3. The van der Waals surface area contributed by atoms with Gasteiger partial charge < -0.3 is 4.48 Å². The van der Waals surface area contributed by atoms with E-state index in [9.17, 15) is 0 Å². The van der Waals surface area contributed by atoms with Crippen molar-refractivity contribution in [2.45, 2.75) is 136 Å². The summed E-state index contributed by atoms with van der Waals surface area (Å²) < 4.78 is 1.33. The van der Waals surface area contributed by atoms with Crippen molar-refractivity contribution in [2.75, 3.05) is 26.2 Å². The standard InChI is InChI=1S/C27H56N/c1-5-9-11-12-13-14-15-16-17-18-19-20-21-22-23-25-27-28(7-3,8-4)26-24-10-6-2/h6H,2,5,7-27H2,1,3-4H3/q+1. The van der Waals surface area contributed by atoms with Crippen molar-refractivity contribution in [1.82, 2.24) is 0 Å². The molecule has 0 spiro atoms. The summed E-state index contributed by atoms with van der Waals surface area (Å²) >= 11 is 0. The minimum absolute atomic E-state index is 1.18. The molecule has 0 N–H and O–H groups in total. The highest BCUT2D eigenvalue weighted by atomic mass is 15.3. The summed E-state index contributed by atoms with van der Waals surface area (Å²) in [5, 5.41) is 0. The topological polar surface area (TPSA) is 0 Å². The largest absolute Gasteiger partial charge is 0.324 e. The molecular weight excluding hydrogens is 338 g/mol. The molecule has 0 saturated heterocycles. The van der Waals surface area contributed by atoms with E-state index in [0.29, 0.717) is 0 Å². The Morgan fingerprint density at radius 3 is 1.21 bits per heavy atom. The molecule has 0 aromatic carbocycles. The van der Waals surface area contributed by atoms with Gasteiger partial charge in [-0.2, -0.15) is 0 Å². The number of unbranched alkanes of at least 4 members (excludes halogenated alkanes) is 16. The summed E-state index contributed by atoms with van der Waals surface area (Å²) in [6.45, 7) is 16.3. The normalized spacial score (nSPS) is 11.8. The van der Waals surface area contributed by atoms with Gasteiger partial charge in [-0.15, -0.1) is 6.58 Å². The Balaban J connectivity index is 3.41. The van der Waals surface area contributed by atoms with Gasteiger partial charge >= 0.3 is 0 Å². The monoisotopic (exact) mass is 394 g/mol. The summed E-state index contributed by atoms with van der Waals surface area (Å²) in [5.41, 5.74) is 0. The van der Waals surface area contributed by atoms with Gasteiger partial charge in [0.25, 0.3) is 0 Å². The van der Waals surface area contributed by atoms with E-state index in [0.717, 1.165) is 0 Å². The molecule has 0 rings (SSSR count). The molecule has 0 heterocycles. The Morgan fingerprint density at radius 2 is 0.857 bits per heavy atom. The Bertz CT molecular complexity index is 305. The lowest BCUT2D eigenvalue weighted by molar-refractivity contribution is -0.925. The van der Waals surface area contributed by atoms with Gasteiger partial charge in [0, 0.05) is 6.42 Å². The van der Waals surface area contributed by atoms with Crippen LogP contribution in [0, 0.1) is 0 Å². The highest BCUT2D eigenvalue weighted by Gasteiger charge is 2.21. The second-order valence-electron chi connectivity index (χ2n) is 9.16. The van der Waals surface area contributed by atoms with Gasteiger partial charge in [-0.05, 0) is 33.1 Å². The second kappa shape index (κ2) is 21.4. The van der Waals surface area contributed by atoms with Crippen LogP contribution in [0.25, 0.3) is 0 Å². The Labute approximate surface area is 180 Å². The van der Waals surface area contributed by atoms with Crippen LogP contribution < -0.4 is 0 Å². The zero-order valence-corrected chi connectivity index (χ0v) is 20.3. The minimum atomic E-state index is 1.18. The highest BCUT2D eigenvalue weighted by Crippen LogP contribution is 2.16. The number of quaternary nitrogens is 1. The van der Waals surface area contributed by atoms with Crippen LogP contribution in [0.5, 0.6) is 0 Å². The van der Waals surface area contributed by atoms with E-state index in [1.54, 1.807) is 0 Å². The number of hydrogen-bond donors (Lipinski definition) is 0. The molecule has 1 heteroatoms. The Hall–Kier alpha value is -0.300. The molecule has 0 amide bonds. The van der Waals surface area contributed by atoms with Crippen LogP contribution in [0.15, 0.2) is 12.7 Å². The third kappa shape index (κ3) is 16.6. The fraction of sp³-hybridized carbons (Fsp3) is 0.926. The van der Waals surface area contributed by atoms with Crippen LogP contribution in [0.3, 0.4) is 0 Å². The summed E-state index contributed by atoms with van der Waals surface area (Å²) in [4.78, 5) is 0. The summed E-state index contributed by atoms with van der Waals surface area (Å²) in [7, 11) is 0. The molecule has 0 aliphatic heterocycles. The lowest BCUT2D eigenvalue weighted by Gasteiger charge is -2.37. The predicted molar refractivity (Wildman–Crippen MR) is 130 cm³/mol. The average Bonchev–Trinajstić information content (AvgIpc) is 2.72. The third-order valence-corrected chi connectivity index (χ3v) is 6.87. The molecule has 0 saturated carbocycles. The maximum atomic E-state index is 3.87. The fourth-order valence-corrected chi connectivity index (χ4v) is 4.53. The first kappa shape index (κ1) is 27.7.